The van der Waals surface area contributed by atoms with E-state index >= 15 is 0 Å². The van der Waals surface area contributed by atoms with Crippen molar-refractivity contribution in [1.29, 1.82) is 0 Å². The molecule has 0 aromatic carbocycles. The maximum atomic E-state index is 10.5. The first kappa shape index (κ1) is 32.5. The molecule has 0 fully saturated rings. The van der Waals surface area contributed by atoms with Crippen LogP contribution in [0.5, 0.6) is 0 Å². The van der Waals surface area contributed by atoms with Crippen LogP contribution in [0, 0.1) is 11.8 Å². The maximum Gasteiger partial charge on any atom is 0.323 e. The number of rotatable bonds is 4. The molecule has 4 heterocycles. The van der Waals surface area contributed by atoms with E-state index in [0.717, 1.165) is 34.9 Å². The summed E-state index contributed by atoms with van der Waals surface area (Å²) in [7, 11) is 0. The lowest BCUT2D eigenvalue weighted by Crippen LogP contribution is -2.21. The largest absolute Gasteiger partial charge is 0.361 e. The van der Waals surface area contributed by atoms with Crippen molar-refractivity contribution in [1.82, 2.24) is 35.5 Å². The summed E-state index contributed by atoms with van der Waals surface area (Å²) in [6.45, 7) is 23.3. The molecule has 0 amide bonds. The summed E-state index contributed by atoms with van der Waals surface area (Å²) in [5.41, 5.74) is 5.31. The number of amidine groups is 2. The average Bonchev–Trinajstić information content (AvgIpc) is 3.57. The summed E-state index contributed by atoms with van der Waals surface area (Å²) < 4.78 is 3.89. The van der Waals surface area contributed by atoms with Crippen molar-refractivity contribution in [2.75, 3.05) is 0 Å². The van der Waals surface area contributed by atoms with E-state index in [1.54, 1.807) is 0 Å². The maximum absolute atomic E-state index is 10.5. The van der Waals surface area contributed by atoms with Crippen molar-refractivity contribution in [3.63, 3.8) is 0 Å². The number of aliphatic imine (C=N–C) groups is 2. The molecule has 2 aliphatic rings. The van der Waals surface area contributed by atoms with Crippen LogP contribution in [-0.4, -0.2) is 36.2 Å². The van der Waals surface area contributed by atoms with E-state index in [4.69, 9.17) is 9.68 Å². The van der Waals surface area contributed by atoms with E-state index in [1.165, 1.54) is 6.33 Å². The monoisotopic (exact) mass is 523 g/mol. The molecule has 0 radical (unpaired) electrons. The van der Waals surface area contributed by atoms with E-state index in [0.29, 0.717) is 35.4 Å². The fourth-order valence-electron chi connectivity index (χ4n) is 2.06. The SMILES string of the molecule is C.C=C1N=C(C(C)C)NO1.C=C1N=C(C(C)C)NO1.CC(C)c1ncn[nH]1.CC(C)c1nsc(=O)[nH]1. The first-order valence-corrected chi connectivity index (χ1v) is 12.0. The van der Waals surface area contributed by atoms with Crippen LogP contribution in [0.3, 0.4) is 0 Å². The van der Waals surface area contributed by atoms with Gasteiger partial charge in [-0.25, -0.2) is 15.9 Å². The molecule has 13 heteroatoms. The van der Waals surface area contributed by atoms with Crippen LogP contribution in [0.4, 0.5) is 0 Å². The Hall–Kier alpha value is -3.48. The normalized spacial score (nSPS) is 13.6. The molecule has 36 heavy (non-hydrogen) atoms. The number of H-pyrrole nitrogens is 2. The number of aromatic amines is 2. The third kappa shape index (κ3) is 12.3. The van der Waals surface area contributed by atoms with Crippen molar-refractivity contribution in [3.8, 4) is 0 Å². The van der Waals surface area contributed by atoms with Gasteiger partial charge in [0.25, 0.3) is 0 Å². The first-order valence-electron chi connectivity index (χ1n) is 11.2. The minimum absolute atomic E-state index is 0. The molecule has 202 valence electrons. The zero-order chi connectivity index (χ0) is 26.5. The standard InChI is InChI=1S/2C6H10N2O.C5H9N3.C5H8N2OS.CH4/c2*1-4(2)6-7-5(3)9-8-6;1-4(2)5-6-3-7-8-5;1-3(2)4-6-5(8)9-7-4;/h2*4H,3H2,1-2H3,(H,7,8);3-4H,1-2H3,(H,6,7,8);3H,1-2H3,(H,6,7,8);1H4. The summed E-state index contributed by atoms with van der Waals surface area (Å²) >= 11 is 0.972. The van der Waals surface area contributed by atoms with E-state index in [1.807, 2.05) is 41.5 Å². The fraction of sp³-hybridized carbons (Fsp3) is 0.565. The number of nitrogens with one attached hydrogen (secondary N) is 4. The number of nitrogens with zero attached hydrogens (tertiary/aromatic N) is 5. The second kappa shape index (κ2) is 16.2. The fourth-order valence-corrected chi connectivity index (χ4v) is 2.65. The highest BCUT2D eigenvalue weighted by Gasteiger charge is 2.13. The van der Waals surface area contributed by atoms with Gasteiger partial charge in [-0.3, -0.25) is 14.9 Å². The van der Waals surface area contributed by atoms with Crippen molar-refractivity contribution < 1.29 is 9.68 Å². The third-order valence-corrected chi connectivity index (χ3v) is 4.67. The molecule has 0 bridgehead atoms. The number of hydroxylamine groups is 2. The lowest BCUT2D eigenvalue weighted by molar-refractivity contribution is 0.176. The van der Waals surface area contributed by atoms with E-state index < -0.39 is 0 Å². The molecule has 0 atom stereocenters. The van der Waals surface area contributed by atoms with Crippen LogP contribution in [-0.2, 0) is 9.68 Å². The van der Waals surface area contributed by atoms with Crippen molar-refractivity contribution in [3.05, 3.63) is 52.6 Å². The predicted molar refractivity (Wildman–Crippen MR) is 145 cm³/mol. The van der Waals surface area contributed by atoms with Gasteiger partial charge in [-0.1, -0.05) is 62.8 Å². The Bertz CT molecular complexity index is 997. The molecule has 0 spiro atoms. The highest BCUT2D eigenvalue weighted by Crippen LogP contribution is 2.08. The van der Waals surface area contributed by atoms with Crippen LogP contribution < -0.4 is 15.8 Å². The van der Waals surface area contributed by atoms with Gasteiger partial charge in [0.1, 0.15) is 29.6 Å². The minimum Gasteiger partial charge on any atom is -0.361 e. The minimum atomic E-state index is -0.0706. The number of hydrogen-bond donors (Lipinski definition) is 4. The summed E-state index contributed by atoms with van der Waals surface area (Å²) in [5, 5.41) is 6.48. The Labute approximate surface area is 217 Å². The van der Waals surface area contributed by atoms with Gasteiger partial charge < -0.3 is 9.68 Å². The molecule has 4 rings (SSSR count). The van der Waals surface area contributed by atoms with Crippen LogP contribution in [0.1, 0.15) is 86.3 Å². The van der Waals surface area contributed by atoms with Gasteiger partial charge in [-0.15, -0.1) is 0 Å². The molecule has 0 saturated carbocycles. The molecule has 4 N–H and O–H groups in total. The molecule has 0 saturated heterocycles. The molecule has 0 unspecified atom stereocenters. The quantitative estimate of drug-likeness (QED) is 0.453. The van der Waals surface area contributed by atoms with Gasteiger partial charge >= 0.3 is 4.87 Å². The number of hydrogen-bond acceptors (Lipinski definition) is 11. The third-order valence-electron chi connectivity index (χ3n) is 4.12. The second-order valence-corrected chi connectivity index (χ2v) is 9.40. The smallest absolute Gasteiger partial charge is 0.323 e. The Morgan fingerprint density at radius 2 is 1.28 bits per heavy atom. The summed E-state index contributed by atoms with van der Waals surface area (Å²) in [4.78, 5) is 34.5. The molecular formula is C23H41N9O3S. The molecule has 0 aliphatic carbocycles. The molecule has 2 aromatic rings. The Morgan fingerprint density at radius 3 is 1.44 bits per heavy atom. The highest BCUT2D eigenvalue weighted by molar-refractivity contribution is 7.02. The summed E-state index contributed by atoms with van der Waals surface area (Å²) in [5.74, 6) is 5.85. The zero-order valence-corrected chi connectivity index (χ0v) is 22.5. The Balaban J connectivity index is 0.000000450. The van der Waals surface area contributed by atoms with Crippen molar-refractivity contribution in [2.45, 2.75) is 74.7 Å². The van der Waals surface area contributed by atoms with E-state index in [-0.39, 0.29) is 12.3 Å². The number of aromatic nitrogens is 5. The van der Waals surface area contributed by atoms with Gasteiger partial charge in [0.05, 0.1) is 0 Å². The molecule has 2 aliphatic heterocycles. The van der Waals surface area contributed by atoms with Crippen molar-refractivity contribution >= 4 is 23.2 Å². The first-order chi connectivity index (χ1) is 16.4. The topological polar surface area (TPSA) is 155 Å². The van der Waals surface area contributed by atoms with Crippen LogP contribution >= 0.6 is 11.5 Å². The second-order valence-electron chi connectivity index (χ2n) is 8.66. The molecule has 12 nitrogen and oxygen atoms in total. The van der Waals surface area contributed by atoms with Crippen molar-refractivity contribution in [2.24, 2.45) is 21.8 Å². The molecular weight excluding hydrogens is 482 g/mol. The molecule has 2 aromatic heterocycles. The Morgan fingerprint density at radius 1 is 0.806 bits per heavy atom. The van der Waals surface area contributed by atoms with Crippen LogP contribution in [0.15, 0.2) is 46.0 Å². The summed E-state index contributed by atoms with van der Waals surface area (Å²) in [6, 6.07) is 0. The van der Waals surface area contributed by atoms with Gasteiger partial charge in [0.2, 0.25) is 11.8 Å². The van der Waals surface area contributed by atoms with Gasteiger partial charge in [0, 0.05) is 35.2 Å². The Kier molecular flexibility index (Phi) is 14.7. The van der Waals surface area contributed by atoms with Crippen LogP contribution in [0.25, 0.3) is 0 Å². The highest BCUT2D eigenvalue weighted by atomic mass is 32.1. The zero-order valence-electron chi connectivity index (χ0n) is 21.7. The summed E-state index contributed by atoms with van der Waals surface area (Å²) in [6.07, 6.45) is 1.52. The van der Waals surface area contributed by atoms with Crippen LogP contribution in [0.2, 0.25) is 0 Å². The lowest BCUT2D eigenvalue weighted by atomic mass is 10.2. The van der Waals surface area contributed by atoms with E-state index in [9.17, 15) is 4.79 Å². The van der Waals surface area contributed by atoms with Gasteiger partial charge in [-0.2, -0.15) is 19.5 Å². The lowest BCUT2D eigenvalue weighted by Gasteiger charge is -2.00. The van der Waals surface area contributed by atoms with E-state index in [2.05, 4.69) is 72.5 Å². The van der Waals surface area contributed by atoms with Gasteiger partial charge in [-0.05, 0) is 13.2 Å². The predicted octanol–water partition coefficient (Wildman–Crippen LogP) is 4.61. The van der Waals surface area contributed by atoms with Gasteiger partial charge in [0.15, 0.2) is 0 Å². The average molecular weight is 524 g/mol.